The van der Waals surface area contributed by atoms with Crippen LogP contribution in [-0.2, 0) is 21.4 Å². The molecule has 6 nitrogen and oxygen atoms in total. The third-order valence-electron chi connectivity index (χ3n) is 3.95. The Hall–Kier alpha value is -1.67. The quantitative estimate of drug-likeness (QED) is 0.667. The van der Waals surface area contributed by atoms with Crippen LogP contribution in [0.4, 0.5) is 5.69 Å². The molecule has 0 aliphatic heterocycles. The molecule has 0 fully saturated rings. The number of nitrogens with one attached hydrogen (secondary N) is 1. The molecule has 0 aromatic heterocycles. The van der Waals surface area contributed by atoms with Crippen LogP contribution in [0.3, 0.4) is 0 Å². The van der Waals surface area contributed by atoms with Crippen molar-refractivity contribution in [2.75, 3.05) is 17.7 Å². The summed E-state index contributed by atoms with van der Waals surface area (Å²) >= 11 is 18.1. The van der Waals surface area contributed by atoms with Gasteiger partial charge >= 0.3 is 0 Å². The van der Waals surface area contributed by atoms with E-state index in [4.69, 9.17) is 39.5 Å². The standard InChI is InChI=1S/C18H19Cl3N2O4S/c1-11(18(24)22-10-12-4-5-13(19)8-15(12)20)23(28(3,25)26)14-6-7-17(27-2)16(21)9-14/h4-9,11H,10H2,1-3H3,(H,22,24)/t11-/m0/s1. The summed E-state index contributed by atoms with van der Waals surface area (Å²) in [5, 5.41) is 3.80. The van der Waals surface area contributed by atoms with Gasteiger partial charge in [-0.05, 0) is 42.8 Å². The number of benzene rings is 2. The van der Waals surface area contributed by atoms with Crippen LogP contribution >= 0.6 is 34.8 Å². The molecule has 0 aliphatic carbocycles. The first kappa shape index (κ1) is 22.6. The molecule has 0 saturated heterocycles. The van der Waals surface area contributed by atoms with E-state index in [1.165, 1.54) is 32.2 Å². The van der Waals surface area contributed by atoms with Gasteiger partial charge < -0.3 is 10.1 Å². The Morgan fingerprint density at radius 3 is 2.36 bits per heavy atom. The summed E-state index contributed by atoms with van der Waals surface area (Å²) in [5.74, 6) is -0.100. The highest BCUT2D eigenvalue weighted by Gasteiger charge is 2.29. The van der Waals surface area contributed by atoms with Gasteiger partial charge in [-0.25, -0.2) is 8.42 Å². The number of ether oxygens (including phenoxy) is 1. The number of anilines is 1. The monoisotopic (exact) mass is 464 g/mol. The molecule has 10 heteroatoms. The number of hydrogen-bond acceptors (Lipinski definition) is 4. The minimum absolute atomic E-state index is 0.125. The number of halogens is 3. The highest BCUT2D eigenvalue weighted by molar-refractivity contribution is 7.92. The lowest BCUT2D eigenvalue weighted by Crippen LogP contribution is -2.47. The van der Waals surface area contributed by atoms with Crippen molar-refractivity contribution in [2.45, 2.75) is 19.5 Å². The Morgan fingerprint density at radius 2 is 1.82 bits per heavy atom. The van der Waals surface area contributed by atoms with E-state index in [0.29, 0.717) is 21.4 Å². The predicted octanol–water partition coefficient (Wildman–Crippen LogP) is 4.13. The second-order valence-electron chi connectivity index (χ2n) is 6.01. The number of sulfonamides is 1. The van der Waals surface area contributed by atoms with Gasteiger partial charge in [-0.1, -0.05) is 40.9 Å². The number of amides is 1. The van der Waals surface area contributed by atoms with Crippen molar-refractivity contribution in [2.24, 2.45) is 0 Å². The van der Waals surface area contributed by atoms with E-state index in [1.807, 2.05) is 0 Å². The third kappa shape index (κ3) is 5.44. The molecule has 0 bridgehead atoms. The van der Waals surface area contributed by atoms with Gasteiger partial charge in [-0.15, -0.1) is 0 Å². The summed E-state index contributed by atoms with van der Waals surface area (Å²) in [6, 6.07) is 8.37. The average Bonchev–Trinajstić information content (AvgIpc) is 2.59. The first-order valence-corrected chi connectivity index (χ1v) is 11.1. The topological polar surface area (TPSA) is 75.7 Å². The summed E-state index contributed by atoms with van der Waals surface area (Å²) in [4.78, 5) is 12.6. The Labute approximate surface area is 179 Å². The molecule has 0 unspecified atom stereocenters. The fourth-order valence-electron chi connectivity index (χ4n) is 2.60. The lowest BCUT2D eigenvalue weighted by Gasteiger charge is -2.28. The van der Waals surface area contributed by atoms with Gasteiger partial charge in [-0.3, -0.25) is 9.10 Å². The average molecular weight is 466 g/mol. The molecular formula is C18H19Cl3N2O4S. The fraction of sp³-hybridized carbons (Fsp3) is 0.278. The van der Waals surface area contributed by atoms with E-state index in [-0.39, 0.29) is 17.3 Å². The molecule has 2 aromatic carbocycles. The summed E-state index contributed by atoms with van der Waals surface area (Å²) in [7, 11) is -2.31. The molecule has 0 heterocycles. The summed E-state index contributed by atoms with van der Waals surface area (Å²) < 4.78 is 30.8. The van der Waals surface area contributed by atoms with Crippen molar-refractivity contribution < 1.29 is 17.9 Å². The van der Waals surface area contributed by atoms with Gasteiger partial charge in [0.2, 0.25) is 15.9 Å². The number of methoxy groups -OCH3 is 1. The van der Waals surface area contributed by atoms with E-state index >= 15 is 0 Å². The van der Waals surface area contributed by atoms with Crippen LogP contribution in [0.5, 0.6) is 5.75 Å². The maximum absolute atomic E-state index is 12.6. The molecule has 1 amide bonds. The van der Waals surface area contributed by atoms with Gasteiger partial charge in [0.1, 0.15) is 11.8 Å². The molecule has 1 atom stereocenters. The molecule has 2 aromatic rings. The lowest BCUT2D eigenvalue weighted by molar-refractivity contribution is -0.122. The van der Waals surface area contributed by atoms with Crippen LogP contribution in [-0.4, -0.2) is 33.7 Å². The number of carbonyl (C=O) groups is 1. The number of carbonyl (C=O) groups excluding carboxylic acids is 1. The minimum atomic E-state index is -3.77. The molecule has 0 spiro atoms. The number of nitrogens with zero attached hydrogens (tertiary/aromatic N) is 1. The smallest absolute Gasteiger partial charge is 0.243 e. The van der Waals surface area contributed by atoms with Crippen LogP contribution < -0.4 is 14.4 Å². The fourth-order valence-corrected chi connectivity index (χ4v) is 4.49. The van der Waals surface area contributed by atoms with Gasteiger partial charge in [0.05, 0.1) is 24.1 Å². The highest BCUT2D eigenvalue weighted by atomic mass is 35.5. The van der Waals surface area contributed by atoms with E-state index in [2.05, 4.69) is 5.32 Å². The van der Waals surface area contributed by atoms with E-state index in [9.17, 15) is 13.2 Å². The number of rotatable bonds is 7. The van der Waals surface area contributed by atoms with Crippen molar-refractivity contribution >= 4 is 56.4 Å². The second kappa shape index (κ2) is 9.22. The van der Waals surface area contributed by atoms with E-state index in [0.717, 1.165) is 10.6 Å². The van der Waals surface area contributed by atoms with Gasteiger partial charge in [0.15, 0.2) is 0 Å². The van der Waals surface area contributed by atoms with Crippen LogP contribution in [0.25, 0.3) is 0 Å². The summed E-state index contributed by atoms with van der Waals surface area (Å²) in [5.41, 5.74) is 0.908. The highest BCUT2D eigenvalue weighted by Crippen LogP contribution is 2.31. The Balaban J connectivity index is 2.24. The Bertz CT molecular complexity index is 983. The molecular weight excluding hydrogens is 447 g/mol. The van der Waals surface area contributed by atoms with Crippen molar-refractivity contribution in [1.29, 1.82) is 0 Å². The van der Waals surface area contributed by atoms with Crippen molar-refractivity contribution in [3.8, 4) is 5.75 Å². The van der Waals surface area contributed by atoms with Crippen molar-refractivity contribution in [3.63, 3.8) is 0 Å². The Morgan fingerprint density at radius 1 is 1.14 bits per heavy atom. The normalized spacial score (nSPS) is 12.4. The largest absolute Gasteiger partial charge is 0.495 e. The maximum Gasteiger partial charge on any atom is 0.243 e. The van der Waals surface area contributed by atoms with E-state index in [1.54, 1.807) is 18.2 Å². The van der Waals surface area contributed by atoms with Gasteiger partial charge in [-0.2, -0.15) is 0 Å². The first-order valence-electron chi connectivity index (χ1n) is 8.09. The van der Waals surface area contributed by atoms with Gasteiger partial charge in [0, 0.05) is 16.6 Å². The maximum atomic E-state index is 12.6. The molecule has 28 heavy (non-hydrogen) atoms. The minimum Gasteiger partial charge on any atom is -0.495 e. The lowest BCUT2D eigenvalue weighted by atomic mass is 10.2. The molecule has 0 aliphatic rings. The first-order chi connectivity index (χ1) is 13.0. The van der Waals surface area contributed by atoms with Crippen LogP contribution in [0.2, 0.25) is 15.1 Å². The Kier molecular flexibility index (Phi) is 7.45. The second-order valence-corrected chi connectivity index (χ2v) is 9.12. The zero-order valence-corrected chi connectivity index (χ0v) is 18.5. The molecule has 0 radical (unpaired) electrons. The van der Waals surface area contributed by atoms with Crippen LogP contribution in [0, 0.1) is 0 Å². The summed E-state index contributed by atoms with van der Waals surface area (Å²) in [6.07, 6.45) is 1.02. The summed E-state index contributed by atoms with van der Waals surface area (Å²) in [6.45, 7) is 1.61. The van der Waals surface area contributed by atoms with Gasteiger partial charge in [0.25, 0.3) is 0 Å². The zero-order chi connectivity index (χ0) is 21.1. The number of hydrogen-bond donors (Lipinski definition) is 1. The van der Waals surface area contributed by atoms with Crippen LogP contribution in [0.15, 0.2) is 36.4 Å². The molecule has 1 N–H and O–H groups in total. The van der Waals surface area contributed by atoms with Crippen molar-refractivity contribution in [1.82, 2.24) is 5.32 Å². The van der Waals surface area contributed by atoms with Crippen LogP contribution in [0.1, 0.15) is 12.5 Å². The molecule has 0 saturated carbocycles. The molecule has 2 rings (SSSR count). The van der Waals surface area contributed by atoms with Crippen molar-refractivity contribution in [3.05, 3.63) is 57.0 Å². The zero-order valence-electron chi connectivity index (χ0n) is 15.4. The predicted molar refractivity (Wildman–Crippen MR) is 113 cm³/mol. The SMILES string of the molecule is COc1ccc(N([C@@H](C)C(=O)NCc2ccc(Cl)cc2Cl)S(C)(=O)=O)cc1Cl. The third-order valence-corrected chi connectivity index (χ3v) is 6.07. The molecule has 152 valence electrons. The van der Waals surface area contributed by atoms with E-state index < -0.39 is 22.0 Å².